The lowest BCUT2D eigenvalue weighted by Crippen LogP contribution is -2.57. The molecule has 0 saturated heterocycles. The molecule has 5 heteroatoms. The number of hydrogen-bond acceptors (Lipinski definition) is 2. The second-order valence-electron chi connectivity index (χ2n) is 8.41. The van der Waals surface area contributed by atoms with Crippen LogP contribution in [0.4, 0.5) is 0 Å². The van der Waals surface area contributed by atoms with Crippen molar-refractivity contribution in [2.45, 2.75) is 51.5 Å². The molecule has 0 spiro atoms. The van der Waals surface area contributed by atoms with Crippen LogP contribution in [0.15, 0.2) is 24.3 Å². The SMILES string of the molecule is C[C@@H](NC(=S)NC(=O)c1ccccc1I)C12CC3CC(CC(C3)C1)C2. The minimum Gasteiger partial charge on any atom is -0.359 e. The highest BCUT2D eigenvalue weighted by Gasteiger charge is 2.53. The Kier molecular flexibility index (Phi) is 4.82. The van der Waals surface area contributed by atoms with Gasteiger partial charge in [0.2, 0.25) is 0 Å². The monoisotopic (exact) mass is 468 g/mol. The van der Waals surface area contributed by atoms with Gasteiger partial charge in [-0.25, -0.2) is 0 Å². The third-order valence-corrected chi connectivity index (χ3v) is 7.86. The van der Waals surface area contributed by atoms with E-state index in [1.807, 2.05) is 24.3 Å². The number of hydrogen-bond donors (Lipinski definition) is 2. The quantitative estimate of drug-likeness (QED) is 0.507. The number of halogens is 1. The van der Waals surface area contributed by atoms with E-state index in [1.165, 1.54) is 38.5 Å². The Bertz CT molecular complexity index is 669. The fraction of sp³-hybridized carbons (Fsp3) is 0.600. The lowest BCUT2D eigenvalue weighted by Gasteiger charge is -2.59. The number of rotatable bonds is 3. The number of carbonyl (C=O) groups is 1. The summed E-state index contributed by atoms with van der Waals surface area (Å²) in [5.41, 5.74) is 1.06. The van der Waals surface area contributed by atoms with E-state index in [1.54, 1.807) is 0 Å². The van der Waals surface area contributed by atoms with Crippen LogP contribution in [0.2, 0.25) is 0 Å². The Morgan fingerprint density at radius 1 is 1.16 bits per heavy atom. The molecule has 25 heavy (non-hydrogen) atoms. The minimum absolute atomic E-state index is 0.125. The maximum Gasteiger partial charge on any atom is 0.258 e. The van der Waals surface area contributed by atoms with Crippen LogP contribution in [0.3, 0.4) is 0 Å². The summed E-state index contributed by atoms with van der Waals surface area (Å²) in [5.74, 6) is 2.64. The topological polar surface area (TPSA) is 41.1 Å². The lowest BCUT2D eigenvalue weighted by molar-refractivity contribution is -0.0672. The standard InChI is InChI=1S/C20H25IN2OS/c1-12(20-9-13-6-14(10-20)8-15(7-13)11-20)22-19(25)23-18(24)16-4-2-3-5-17(16)21/h2-5,12-15H,6-11H2,1H3,(H2,22,23,24,25)/t12-,13?,14?,15?,20?/m1/s1. The molecule has 4 aliphatic carbocycles. The van der Waals surface area contributed by atoms with Gasteiger partial charge in [0, 0.05) is 9.61 Å². The molecule has 0 aromatic heterocycles. The summed E-state index contributed by atoms with van der Waals surface area (Å²) in [7, 11) is 0. The second kappa shape index (κ2) is 6.80. The first-order valence-electron chi connectivity index (χ1n) is 9.31. The van der Waals surface area contributed by atoms with E-state index in [4.69, 9.17) is 12.2 Å². The molecule has 1 aromatic carbocycles. The molecule has 3 nitrogen and oxygen atoms in total. The highest BCUT2D eigenvalue weighted by atomic mass is 127. The molecule has 4 saturated carbocycles. The van der Waals surface area contributed by atoms with E-state index >= 15 is 0 Å². The zero-order valence-electron chi connectivity index (χ0n) is 14.6. The summed E-state index contributed by atoms with van der Waals surface area (Å²) in [6.07, 6.45) is 8.33. The van der Waals surface area contributed by atoms with Gasteiger partial charge < -0.3 is 5.32 Å². The Hall–Kier alpha value is -0.690. The summed E-state index contributed by atoms with van der Waals surface area (Å²) in [4.78, 5) is 12.5. The molecular formula is C20H25IN2OS. The van der Waals surface area contributed by atoms with Crippen LogP contribution in [0, 0.1) is 26.7 Å². The van der Waals surface area contributed by atoms with Gasteiger partial charge in [-0.2, -0.15) is 0 Å². The summed E-state index contributed by atoms with van der Waals surface area (Å²) in [6, 6.07) is 7.91. The lowest BCUT2D eigenvalue weighted by atomic mass is 9.48. The third kappa shape index (κ3) is 3.46. The minimum atomic E-state index is -0.125. The van der Waals surface area contributed by atoms with Gasteiger partial charge in [0.05, 0.1) is 5.56 Å². The fourth-order valence-corrected chi connectivity index (χ4v) is 6.81. The molecule has 1 atom stereocenters. The molecular weight excluding hydrogens is 443 g/mol. The zero-order valence-corrected chi connectivity index (χ0v) is 17.5. The van der Waals surface area contributed by atoms with Crippen molar-refractivity contribution in [3.05, 3.63) is 33.4 Å². The van der Waals surface area contributed by atoms with E-state index < -0.39 is 0 Å². The third-order valence-electron chi connectivity index (χ3n) is 6.70. The van der Waals surface area contributed by atoms with Gasteiger partial charge in [0.25, 0.3) is 5.91 Å². The molecule has 1 aromatic rings. The van der Waals surface area contributed by atoms with Gasteiger partial charge in [-0.1, -0.05) is 12.1 Å². The van der Waals surface area contributed by atoms with Crippen LogP contribution in [-0.2, 0) is 0 Å². The van der Waals surface area contributed by atoms with Crippen molar-refractivity contribution in [1.29, 1.82) is 0 Å². The number of amides is 1. The summed E-state index contributed by atoms with van der Waals surface area (Å²) in [5, 5.41) is 6.80. The van der Waals surface area contributed by atoms with E-state index in [0.717, 1.165) is 21.3 Å². The average molecular weight is 468 g/mol. The smallest absolute Gasteiger partial charge is 0.258 e. The zero-order chi connectivity index (χ0) is 17.6. The molecule has 0 radical (unpaired) electrons. The number of nitrogens with one attached hydrogen (secondary N) is 2. The highest BCUT2D eigenvalue weighted by Crippen LogP contribution is 2.61. The van der Waals surface area contributed by atoms with Crippen molar-refractivity contribution in [1.82, 2.24) is 10.6 Å². The Morgan fingerprint density at radius 3 is 2.28 bits per heavy atom. The van der Waals surface area contributed by atoms with Gasteiger partial charge in [-0.3, -0.25) is 10.1 Å². The second-order valence-corrected chi connectivity index (χ2v) is 9.98. The predicted molar refractivity (Wildman–Crippen MR) is 112 cm³/mol. The molecule has 0 unspecified atom stereocenters. The molecule has 2 N–H and O–H groups in total. The largest absolute Gasteiger partial charge is 0.359 e. The van der Waals surface area contributed by atoms with Crippen molar-refractivity contribution in [2.24, 2.45) is 23.2 Å². The van der Waals surface area contributed by atoms with Crippen LogP contribution in [-0.4, -0.2) is 17.1 Å². The summed E-state index contributed by atoms with van der Waals surface area (Å²) < 4.78 is 0.939. The Balaban J connectivity index is 1.39. The molecule has 5 rings (SSSR count). The van der Waals surface area contributed by atoms with Gasteiger partial charge in [0.15, 0.2) is 5.11 Å². The average Bonchev–Trinajstić information content (AvgIpc) is 2.53. The summed E-state index contributed by atoms with van der Waals surface area (Å²) >= 11 is 7.64. The van der Waals surface area contributed by atoms with Crippen LogP contribution in [0.25, 0.3) is 0 Å². The number of carbonyl (C=O) groups excluding carboxylic acids is 1. The molecule has 1 amide bonds. The van der Waals surface area contributed by atoms with Gasteiger partial charge in [0.1, 0.15) is 0 Å². The maximum absolute atomic E-state index is 12.5. The molecule has 0 aliphatic heterocycles. The van der Waals surface area contributed by atoms with Crippen molar-refractivity contribution in [2.75, 3.05) is 0 Å². The number of benzene rings is 1. The fourth-order valence-electron chi connectivity index (χ4n) is 5.91. The van der Waals surface area contributed by atoms with Crippen molar-refractivity contribution in [3.8, 4) is 0 Å². The summed E-state index contributed by atoms with van der Waals surface area (Å²) in [6.45, 7) is 2.26. The normalized spacial score (nSPS) is 33.8. The van der Waals surface area contributed by atoms with Gasteiger partial charge in [-0.05, 0) is 116 Å². The first-order valence-corrected chi connectivity index (χ1v) is 10.8. The maximum atomic E-state index is 12.5. The van der Waals surface area contributed by atoms with Crippen molar-refractivity contribution < 1.29 is 4.79 Å². The van der Waals surface area contributed by atoms with Gasteiger partial charge >= 0.3 is 0 Å². The van der Waals surface area contributed by atoms with E-state index in [-0.39, 0.29) is 5.91 Å². The number of thiocarbonyl (C=S) groups is 1. The van der Waals surface area contributed by atoms with Crippen LogP contribution in [0.1, 0.15) is 55.8 Å². The van der Waals surface area contributed by atoms with E-state index in [9.17, 15) is 4.79 Å². The molecule has 134 valence electrons. The molecule has 0 heterocycles. The van der Waals surface area contributed by atoms with Crippen LogP contribution in [0.5, 0.6) is 0 Å². The van der Waals surface area contributed by atoms with E-state index in [0.29, 0.717) is 22.1 Å². The Labute approximate surface area is 168 Å². The highest BCUT2D eigenvalue weighted by molar-refractivity contribution is 14.1. The van der Waals surface area contributed by atoms with Crippen molar-refractivity contribution in [3.63, 3.8) is 0 Å². The Morgan fingerprint density at radius 2 is 1.72 bits per heavy atom. The van der Waals surface area contributed by atoms with Crippen molar-refractivity contribution >= 4 is 45.8 Å². The molecule has 4 aliphatic rings. The first-order chi connectivity index (χ1) is 11.9. The first kappa shape index (κ1) is 17.7. The molecule has 4 bridgehead atoms. The van der Waals surface area contributed by atoms with Gasteiger partial charge in [-0.15, -0.1) is 0 Å². The van der Waals surface area contributed by atoms with E-state index in [2.05, 4.69) is 40.1 Å². The van der Waals surface area contributed by atoms with Crippen LogP contribution >= 0.6 is 34.8 Å². The molecule has 4 fully saturated rings. The predicted octanol–water partition coefficient (Wildman–Crippen LogP) is 4.50. The van der Waals surface area contributed by atoms with Crippen LogP contribution < -0.4 is 10.6 Å².